The third-order valence-corrected chi connectivity index (χ3v) is 3.80. The van der Waals surface area contributed by atoms with Gasteiger partial charge in [-0.25, -0.2) is 4.68 Å². The molecule has 2 rings (SSSR count). The van der Waals surface area contributed by atoms with E-state index in [4.69, 9.17) is 5.73 Å². The first kappa shape index (κ1) is 14.2. The standard InChI is InChI=1S/C14H19BrN4/c1-4-11(16)14-12(5-2)19(18-17-14)13-7-6-10(15)8-9(13)3/h6-8,11H,4-5,16H2,1-3H3. The van der Waals surface area contributed by atoms with Crippen molar-refractivity contribution in [2.24, 2.45) is 5.73 Å². The highest BCUT2D eigenvalue weighted by Gasteiger charge is 2.18. The minimum Gasteiger partial charge on any atom is -0.323 e. The van der Waals surface area contributed by atoms with E-state index in [2.05, 4.69) is 59.1 Å². The molecule has 19 heavy (non-hydrogen) atoms. The third-order valence-electron chi connectivity index (χ3n) is 3.31. The van der Waals surface area contributed by atoms with E-state index in [1.165, 1.54) is 0 Å². The second-order valence-electron chi connectivity index (χ2n) is 4.63. The lowest BCUT2D eigenvalue weighted by Gasteiger charge is -2.11. The Morgan fingerprint density at radius 3 is 2.68 bits per heavy atom. The summed E-state index contributed by atoms with van der Waals surface area (Å²) in [6.45, 7) is 6.24. The van der Waals surface area contributed by atoms with Gasteiger partial charge in [-0.05, 0) is 43.5 Å². The van der Waals surface area contributed by atoms with Crippen LogP contribution in [0.3, 0.4) is 0 Å². The maximum absolute atomic E-state index is 6.10. The molecule has 102 valence electrons. The van der Waals surface area contributed by atoms with Gasteiger partial charge in [0.25, 0.3) is 0 Å². The molecular weight excluding hydrogens is 304 g/mol. The summed E-state index contributed by atoms with van der Waals surface area (Å²) in [5.41, 5.74) is 10.3. The Bertz CT molecular complexity index is 577. The van der Waals surface area contributed by atoms with Crippen LogP contribution in [0.4, 0.5) is 0 Å². The van der Waals surface area contributed by atoms with Crippen molar-refractivity contribution in [3.63, 3.8) is 0 Å². The molecule has 1 unspecified atom stereocenters. The van der Waals surface area contributed by atoms with Gasteiger partial charge in [0, 0.05) is 4.47 Å². The van der Waals surface area contributed by atoms with Crippen LogP contribution in [0, 0.1) is 6.92 Å². The summed E-state index contributed by atoms with van der Waals surface area (Å²) in [5, 5.41) is 8.56. The van der Waals surface area contributed by atoms with Crippen LogP contribution >= 0.6 is 15.9 Å². The second-order valence-corrected chi connectivity index (χ2v) is 5.55. The largest absolute Gasteiger partial charge is 0.323 e. The van der Waals surface area contributed by atoms with E-state index in [9.17, 15) is 0 Å². The number of halogens is 1. The molecule has 0 aliphatic rings. The normalized spacial score (nSPS) is 12.7. The van der Waals surface area contributed by atoms with Gasteiger partial charge in [0.2, 0.25) is 0 Å². The third kappa shape index (κ3) is 2.72. The van der Waals surface area contributed by atoms with E-state index in [1.807, 2.05) is 10.7 Å². The molecule has 2 N–H and O–H groups in total. The number of rotatable bonds is 4. The molecule has 0 fully saturated rings. The summed E-state index contributed by atoms with van der Waals surface area (Å²) in [5.74, 6) is 0. The van der Waals surface area contributed by atoms with Crippen molar-refractivity contribution in [2.75, 3.05) is 0 Å². The van der Waals surface area contributed by atoms with Crippen molar-refractivity contribution < 1.29 is 0 Å². The van der Waals surface area contributed by atoms with Crippen LogP contribution in [0.1, 0.15) is 43.3 Å². The van der Waals surface area contributed by atoms with Gasteiger partial charge in [-0.2, -0.15) is 0 Å². The molecule has 0 aliphatic carbocycles. The van der Waals surface area contributed by atoms with Gasteiger partial charge in [0.15, 0.2) is 0 Å². The van der Waals surface area contributed by atoms with E-state index in [-0.39, 0.29) is 6.04 Å². The van der Waals surface area contributed by atoms with Crippen LogP contribution in [0.2, 0.25) is 0 Å². The van der Waals surface area contributed by atoms with Crippen molar-refractivity contribution >= 4 is 15.9 Å². The zero-order chi connectivity index (χ0) is 14.0. The van der Waals surface area contributed by atoms with Gasteiger partial charge < -0.3 is 5.73 Å². The number of hydrogen-bond acceptors (Lipinski definition) is 3. The zero-order valence-corrected chi connectivity index (χ0v) is 13.1. The Balaban J connectivity index is 2.53. The van der Waals surface area contributed by atoms with E-state index in [0.29, 0.717) is 0 Å². The molecule has 1 aromatic heterocycles. The number of hydrogen-bond donors (Lipinski definition) is 1. The van der Waals surface area contributed by atoms with Crippen molar-refractivity contribution in [3.05, 3.63) is 39.6 Å². The Morgan fingerprint density at radius 2 is 2.11 bits per heavy atom. The quantitative estimate of drug-likeness (QED) is 0.939. The minimum absolute atomic E-state index is 0.0422. The number of benzene rings is 1. The van der Waals surface area contributed by atoms with Gasteiger partial charge in [-0.3, -0.25) is 0 Å². The van der Waals surface area contributed by atoms with Crippen LogP contribution in [0.25, 0.3) is 5.69 Å². The fraction of sp³-hybridized carbons (Fsp3) is 0.429. The molecule has 1 atom stereocenters. The average Bonchev–Trinajstić information content (AvgIpc) is 2.81. The van der Waals surface area contributed by atoms with Crippen LogP contribution in [-0.4, -0.2) is 15.0 Å². The molecule has 5 heteroatoms. The lowest BCUT2D eigenvalue weighted by molar-refractivity contribution is 0.665. The van der Waals surface area contributed by atoms with E-state index >= 15 is 0 Å². The molecule has 0 saturated carbocycles. The molecule has 0 saturated heterocycles. The van der Waals surface area contributed by atoms with E-state index in [0.717, 1.165) is 40.0 Å². The lowest BCUT2D eigenvalue weighted by Crippen LogP contribution is -2.12. The smallest absolute Gasteiger partial charge is 0.103 e. The summed E-state index contributed by atoms with van der Waals surface area (Å²) in [7, 11) is 0. The number of nitrogens with zero attached hydrogens (tertiary/aromatic N) is 3. The Hall–Kier alpha value is -1.20. The zero-order valence-electron chi connectivity index (χ0n) is 11.5. The highest BCUT2D eigenvalue weighted by molar-refractivity contribution is 9.10. The SMILES string of the molecule is CCc1c(C(N)CC)nnn1-c1ccc(Br)cc1C. The van der Waals surface area contributed by atoms with Gasteiger partial charge in [0.1, 0.15) is 5.69 Å². The maximum atomic E-state index is 6.10. The molecule has 0 radical (unpaired) electrons. The summed E-state index contributed by atoms with van der Waals surface area (Å²) in [6, 6.07) is 6.10. The number of nitrogens with two attached hydrogens (primary N) is 1. The molecule has 1 heterocycles. The topological polar surface area (TPSA) is 56.7 Å². The monoisotopic (exact) mass is 322 g/mol. The van der Waals surface area contributed by atoms with Crippen molar-refractivity contribution in [3.8, 4) is 5.69 Å². The predicted octanol–water partition coefficient (Wildman–Crippen LogP) is 3.31. The van der Waals surface area contributed by atoms with Crippen LogP contribution in [0.15, 0.2) is 22.7 Å². The minimum atomic E-state index is -0.0422. The van der Waals surface area contributed by atoms with Gasteiger partial charge >= 0.3 is 0 Å². The Kier molecular flexibility index (Phi) is 4.37. The fourth-order valence-electron chi connectivity index (χ4n) is 2.18. The van der Waals surface area contributed by atoms with Crippen molar-refractivity contribution in [1.29, 1.82) is 0 Å². The molecule has 0 bridgehead atoms. The average molecular weight is 323 g/mol. The van der Waals surface area contributed by atoms with Gasteiger partial charge in [-0.15, -0.1) is 5.10 Å². The molecule has 1 aromatic carbocycles. The molecule has 2 aromatic rings. The number of aromatic nitrogens is 3. The first-order valence-electron chi connectivity index (χ1n) is 6.55. The van der Waals surface area contributed by atoms with E-state index < -0.39 is 0 Å². The van der Waals surface area contributed by atoms with E-state index in [1.54, 1.807) is 0 Å². The maximum Gasteiger partial charge on any atom is 0.103 e. The first-order chi connectivity index (χ1) is 9.08. The molecule has 0 aliphatic heterocycles. The van der Waals surface area contributed by atoms with Gasteiger partial charge in [-0.1, -0.05) is 35.0 Å². The fourth-order valence-corrected chi connectivity index (χ4v) is 2.65. The van der Waals surface area contributed by atoms with Crippen molar-refractivity contribution in [2.45, 2.75) is 39.7 Å². The second kappa shape index (κ2) is 5.84. The highest BCUT2D eigenvalue weighted by atomic mass is 79.9. The Morgan fingerprint density at radius 1 is 1.37 bits per heavy atom. The first-order valence-corrected chi connectivity index (χ1v) is 7.34. The van der Waals surface area contributed by atoms with Crippen LogP contribution < -0.4 is 5.73 Å². The lowest BCUT2D eigenvalue weighted by atomic mass is 10.1. The summed E-state index contributed by atoms with van der Waals surface area (Å²) < 4.78 is 2.98. The molecule has 0 spiro atoms. The van der Waals surface area contributed by atoms with Gasteiger partial charge in [0.05, 0.1) is 17.4 Å². The molecule has 4 nitrogen and oxygen atoms in total. The molecular formula is C14H19BrN4. The number of aryl methyl sites for hydroxylation is 1. The highest BCUT2D eigenvalue weighted by Crippen LogP contribution is 2.23. The Labute approximate surface area is 122 Å². The van der Waals surface area contributed by atoms with Crippen LogP contribution in [0.5, 0.6) is 0 Å². The summed E-state index contributed by atoms with van der Waals surface area (Å²) in [6.07, 6.45) is 1.73. The summed E-state index contributed by atoms with van der Waals surface area (Å²) >= 11 is 3.48. The van der Waals surface area contributed by atoms with Crippen LogP contribution in [-0.2, 0) is 6.42 Å². The predicted molar refractivity (Wildman–Crippen MR) is 80.4 cm³/mol. The molecule has 0 amide bonds. The summed E-state index contributed by atoms with van der Waals surface area (Å²) in [4.78, 5) is 0. The van der Waals surface area contributed by atoms with Crippen molar-refractivity contribution in [1.82, 2.24) is 15.0 Å².